The fourth-order valence-corrected chi connectivity index (χ4v) is 1.97. The number of benzene rings is 2. The summed E-state index contributed by atoms with van der Waals surface area (Å²) in [5, 5.41) is 0. The highest BCUT2D eigenvalue weighted by atomic mass is 15.0. The van der Waals surface area contributed by atoms with Crippen LogP contribution in [0.4, 0.5) is 0 Å². The minimum atomic E-state index is 1.16. The molecule has 3 aromatic rings. The number of H-pyrrole nitrogens is 1. The minimum absolute atomic E-state index is 1.16. The van der Waals surface area contributed by atoms with E-state index in [0.29, 0.717) is 0 Å². The molecule has 3 rings (SSSR count). The van der Waals surface area contributed by atoms with Crippen LogP contribution in [0.5, 0.6) is 0 Å². The Kier molecular flexibility index (Phi) is 2.00. The number of imidazole rings is 1. The maximum Gasteiger partial charge on any atom is 0.247 e. The fraction of sp³-hybridized carbons (Fsp3) is 0.0714. The molecule has 0 amide bonds. The van der Waals surface area contributed by atoms with Gasteiger partial charge in [0.1, 0.15) is 5.69 Å². The van der Waals surface area contributed by atoms with E-state index in [1.54, 1.807) is 0 Å². The third-order valence-corrected chi connectivity index (χ3v) is 2.80. The number of hydrogen-bond acceptors (Lipinski definition) is 0. The molecule has 0 aliphatic heterocycles. The number of aromatic nitrogens is 2. The number of hydrogen-bond donors (Lipinski definition) is 1. The Morgan fingerprint density at radius 3 is 2.62 bits per heavy atom. The van der Waals surface area contributed by atoms with Crippen molar-refractivity contribution >= 4 is 11.0 Å². The van der Waals surface area contributed by atoms with Gasteiger partial charge in [0.05, 0.1) is 0 Å². The Labute approximate surface area is 94.2 Å². The number of nitrogens with one attached hydrogen (secondary N) is 1. The molecule has 0 aliphatic rings. The van der Waals surface area contributed by atoms with Gasteiger partial charge in [0.15, 0.2) is 11.0 Å². The van der Waals surface area contributed by atoms with Gasteiger partial charge < -0.3 is 0 Å². The molecule has 2 heteroatoms. The van der Waals surface area contributed by atoms with Crippen LogP contribution in [0.25, 0.3) is 16.7 Å². The van der Waals surface area contributed by atoms with Crippen molar-refractivity contribution in [3.05, 3.63) is 60.4 Å². The van der Waals surface area contributed by atoms with Crippen molar-refractivity contribution < 1.29 is 4.57 Å². The highest BCUT2D eigenvalue weighted by Crippen LogP contribution is 2.11. The van der Waals surface area contributed by atoms with E-state index in [-0.39, 0.29) is 0 Å². The molecule has 0 atom stereocenters. The van der Waals surface area contributed by atoms with E-state index in [1.165, 1.54) is 16.8 Å². The summed E-state index contributed by atoms with van der Waals surface area (Å²) >= 11 is 0. The maximum atomic E-state index is 3.28. The van der Waals surface area contributed by atoms with Crippen LogP contribution in [0.3, 0.4) is 0 Å². The third-order valence-electron chi connectivity index (χ3n) is 2.80. The van der Waals surface area contributed by atoms with Gasteiger partial charge in [-0.2, -0.15) is 4.57 Å². The van der Waals surface area contributed by atoms with E-state index in [4.69, 9.17) is 0 Å². The zero-order valence-electron chi connectivity index (χ0n) is 9.14. The smallest absolute Gasteiger partial charge is 0.243 e. The van der Waals surface area contributed by atoms with Gasteiger partial charge >= 0.3 is 0 Å². The monoisotopic (exact) mass is 209 g/mol. The highest BCUT2D eigenvalue weighted by molar-refractivity contribution is 5.72. The molecule has 2 nitrogen and oxygen atoms in total. The highest BCUT2D eigenvalue weighted by Gasteiger charge is 2.10. The van der Waals surface area contributed by atoms with Crippen molar-refractivity contribution in [2.45, 2.75) is 6.92 Å². The Hall–Kier alpha value is -2.09. The first kappa shape index (κ1) is 9.16. The fourth-order valence-electron chi connectivity index (χ4n) is 1.97. The molecule has 78 valence electrons. The summed E-state index contributed by atoms with van der Waals surface area (Å²) in [6.07, 6.45) is 2.00. The second kappa shape index (κ2) is 3.49. The lowest BCUT2D eigenvalue weighted by Gasteiger charge is -1.96. The molecule has 0 radical (unpaired) electrons. The number of para-hydroxylation sites is 1. The number of fused-ring (bicyclic) bond motifs is 1. The van der Waals surface area contributed by atoms with Crippen LogP contribution in [0, 0.1) is 6.92 Å². The van der Waals surface area contributed by atoms with Gasteiger partial charge in [0.2, 0.25) is 6.33 Å². The summed E-state index contributed by atoms with van der Waals surface area (Å²) in [6.45, 7) is 2.11. The van der Waals surface area contributed by atoms with Crippen LogP contribution in [0.2, 0.25) is 0 Å². The quantitative estimate of drug-likeness (QED) is 0.595. The first-order valence-electron chi connectivity index (χ1n) is 5.39. The van der Waals surface area contributed by atoms with E-state index in [9.17, 15) is 0 Å². The van der Waals surface area contributed by atoms with Gasteiger partial charge in [0.25, 0.3) is 0 Å². The average Bonchev–Trinajstić information content (AvgIpc) is 2.73. The lowest BCUT2D eigenvalue weighted by molar-refractivity contribution is -0.567. The standard InChI is InChI=1S/C14H12N2/c1-11-7-8-13-14(9-11)16(10-15-13)12-5-3-2-4-6-12/h2-10H,1H3/p+1. The van der Waals surface area contributed by atoms with Crippen molar-refractivity contribution in [2.24, 2.45) is 0 Å². The zero-order valence-corrected chi connectivity index (χ0v) is 9.14. The molecule has 2 aromatic carbocycles. The predicted molar refractivity (Wildman–Crippen MR) is 64.6 cm³/mol. The molecule has 1 N–H and O–H groups in total. The Morgan fingerprint density at radius 2 is 1.81 bits per heavy atom. The molecule has 0 aliphatic carbocycles. The summed E-state index contributed by atoms with van der Waals surface area (Å²) in [5.74, 6) is 0. The normalized spacial score (nSPS) is 10.8. The first-order valence-corrected chi connectivity index (χ1v) is 5.39. The topological polar surface area (TPSA) is 19.7 Å². The summed E-state index contributed by atoms with van der Waals surface area (Å²) in [4.78, 5) is 3.28. The molecule has 0 fully saturated rings. The Balaban J connectivity index is 2.29. The van der Waals surface area contributed by atoms with Gasteiger partial charge in [-0.25, -0.2) is 4.98 Å². The SMILES string of the molecule is Cc1ccc2[nH]c[n+](-c3ccccc3)c2c1. The van der Waals surface area contributed by atoms with E-state index < -0.39 is 0 Å². The second-order valence-electron chi connectivity index (χ2n) is 4.00. The molecule has 0 spiro atoms. The Morgan fingerprint density at radius 1 is 1.00 bits per heavy atom. The van der Waals surface area contributed by atoms with Gasteiger partial charge in [-0.1, -0.05) is 24.3 Å². The van der Waals surface area contributed by atoms with E-state index in [1.807, 2.05) is 12.4 Å². The largest absolute Gasteiger partial charge is 0.247 e. The summed E-state index contributed by atoms with van der Waals surface area (Å²) in [6, 6.07) is 16.8. The minimum Gasteiger partial charge on any atom is -0.243 e. The number of rotatable bonds is 1. The summed E-state index contributed by atoms with van der Waals surface area (Å²) in [7, 11) is 0. The lowest BCUT2D eigenvalue weighted by atomic mass is 10.2. The van der Waals surface area contributed by atoms with Crippen molar-refractivity contribution in [3.8, 4) is 5.69 Å². The molecule has 0 unspecified atom stereocenters. The third kappa shape index (κ3) is 1.39. The zero-order chi connectivity index (χ0) is 11.0. The molecule has 0 saturated heterocycles. The lowest BCUT2D eigenvalue weighted by Crippen LogP contribution is -2.28. The first-order chi connectivity index (χ1) is 7.84. The molecule has 0 bridgehead atoms. The van der Waals surface area contributed by atoms with E-state index in [2.05, 4.69) is 58.9 Å². The van der Waals surface area contributed by atoms with Crippen LogP contribution in [-0.2, 0) is 0 Å². The van der Waals surface area contributed by atoms with Crippen LogP contribution in [-0.4, -0.2) is 4.98 Å². The van der Waals surface area contributed by atoms with Crippen molar-refractivity contribution in [1.82, 2.24) is 4.98 Å². The maximum absolute atomic E-state index is 3.28. The second-order valence-corrected chi connectivity index (χ2v) is 4.00. The molecule has 16 heavy (non-hydrogen) atoms. The Bertz CT molecular complexity index is 624. The van der Waals surface area contributed by atoms with Gasteiger partial charge in [-0.15, -0.1) is 0 Å². The van der Waals surface area contributed by atoms with Crippen LogP contribution in [0.15, 0.2) is 54.9 Å². The number of aryl methyl sites for hydroxylation is 1. The van der Waals surface area contributed by atoms with Crippen molar-refractivity contribution in [1.29, 1.82) is 0 Å². The summed E-state index contributed by atoms with van der Waals surface area (Å²) < 4.78 is 2.17. The van der Waals surface area contributed by atoms with Gasteiger partial charge in [-0.05, 0) is 36.8 Å². The number of nitrogens with zero attached hydrogens (tertiary/aromatic N) is 1. The van der Waals surface area contributed by atoms with E-state index >= 15 is 0 Å². The molecule has 1 aromatic heterocycles. The van der Waals surface area contributed by atoms with Crippen LogP contribution >= 0.6 is 0 Å². The van der Waals surface area contributed by atoms with Crippen LogP contribution < -0.4 is 4.57 Å². The molecular weight excluding hydrogens is 196 g/mol. The summed E-state index contributed by atoms with van der Waals surface area (Å²) in [5.41, 5.74) is 4.83. The van der Waals surface area contributed by atoms with Gasteiger partial charge in [0, 0.05) is 0 Å². The van der Waals surface area contributed by atoms with Crippen molar-refractivity contribution in [2.75, 3.05) is 0 Å². The molecule has 1 heterocycles. The van der Waals surface area contributed by atoms with Crippen molar-refractivity contribution in [3.63, 3.8) is 0 Å². The molecular formula is C14H13N2+. The van der Waals surface area contributed by atoms with Crippen LogP contribution in [0.1, 0.15) is 5.56 Å². The predicted octanol–water partition coefficient (Wildman–Crippen LogP) is 2.75. The average molecular weight is 209 g/mol. The molecule has 0 saturated carbocycles. The van der Waals surface area contributed by atoms with E-state index in [0.717, 1.165) is 5.52 Å². The number of aromatic amines is 1. The van der Waals surface area contributed by atoms with Gasteiger partial charge in [-0.3, -0.25) is 0 Å².